The van der Waals surface area contributed by atoms with Crippen molar-refractivity contribution < 1.29 is 4.74 Å². The van der Waals surface area contributed by atoms with Crippen molar-refractivity contribution in [3.63, 3.8) is 0 Å². The molecule has 8 aromatic carbocycles. The molecule has 1 spiro atoms. The van der Waals surface area contributed by atoms with Gasteiger partial charge in [0.2, 0.25) is 0 Å². The summed E-state index contributed by atoms with van der Waals surface area (Å²) in [7, 11) is 0. The Hall–Kier alpha value is -6.38. The van der Waals surface area contributed by atoms with Gasteiger partial charge in [-0.25, -0.2) is 0 Å². The molecule has 2 heteroatoms. The lowest BCUT2D eigenvalue weighted by molar-refractivity contribution is 0.436. The van der Waals surface area contributed by atoms with Crippen LogP contribution in [0.1, 0.15) is 22.3 Å². The highest BCUT2D eigenvalue weighted by molar-refractivity contribution is 6.19. The van der Waals surface area contributed by atoms with Crippen LogP contribution in [-0.2, 0) is 5.41 Å². The Morgan fingerprint density at radius 3 is 1.84 bits per heavy atom. The maximum Gasteiger partial charge on any atom is 0.132 e. The van der Waals surface area contributed by atoms with Crippen LogP contribution >= 0.6 is 0 Å². The minimum absolute atomic E-state index is 0.479. The molecule has 2 aliphatic rings. The lowest BCUT2D eigenvalue weighted by Gasteiger charge is -2.39. The summed E-state index contributed by atoms with van der Waals surface area (Å²) in [6, 6.07) is 64.1. The van der Waals surface area contributed by atoms with Gasteiger partial charge in [0.1, 0.15) is 11.5 Å². The first kappa shape index (κ1) is 26.7. The van der Waals surface area contributed by atoms with Gasteiger partial charge in [-0.1, -0.05) is 133 Å². The van der Waals surface area contributed by atoms with Gasteiger partial charge >= 0.3 is 0 Å². The average molecular weight is 624 g/mol. The number of hydrogen-bond donors (Lipinski definition) is 0. The van der Waals surface area contributed by atoms with E-state index in [0.29, 0.717) is 0 Å². The molecular formula is C47H29NO. The van der Waals surface area contributed by atoms with Gasteiger partial charge in [-0.05, 0) is 81.2 Å². The molecular weight excluding hydrogens is 595 g/mol. The van der Waals surface area contributed by atoms with Crippen molar-refractivity contribution in [2.75, 3.05) is 0 Å². The predicted octanol–water partition coefficient (Wildman–Crippen LogP) is 12.1. The normalized spacial score (nSPS) is 13.6. The van der Waals surface area contributed by atoms with Crippen molar-refractivity contribution in [3.05, 3.63) is 198 Å². The number of ether oxygens (including phenoxy) is 1. The van der Waals surface area contributed by atoms with Gasteiger partial charge in [0.15, 0.2) is 0 Å². The molecule has 0 unspecified atom stereocenters. The molecule has 1 aliphatic carbocycles. The second kappa shape index (κ2) is 9.82. The highest BCUT2D eigenvalue weighted by Crippen LogP contribution is 2.62. The molecule has 1 aliphatic heterocycles. The number of hydrogen-bond acceptors (Lipinski definition) is 1. The maximum absolute atomic E-state index is 6.68. The van der Waals surface area contributed by atoms with Crippen LogP contribution in [0.4, 0.5) is 0 Å². The Kier molecular flexibility index (Phi) is 5.34. The second-order valence-corrected chi connectivity index (χ2v) is 13.2. The number of benzene rings is 8. The topological polar surface area (TPSA) is 14.2 Å². The van der Waals surface area contributed by atoms with Crippen molar-refractivity contribution in [1.29, 1.82) is 0 Å². The van der Waals surface area contributed by atoms with Gasteiger partial charge in [-0.3, -0.25) is 0 Å². The minimum atomic E-state index is -0.479. The lowest BCUT2D eigenvalue weighted by Crippen LogP contribution is -2.32. The van der Waals surface area contributed by atoms with Gasteiger partial charge in [0.25, 0.3) is 0 Å². The molecule has 9 aromatic rings. The molecule has 2 nitrogen and oxygen atoms in total. The summed E-state index contributed by atoms with van der Waals surface area (Å²) in [5.74, 6) is 1.82. The van der Waals surface area contributed by atoms with Crippen LogP contribution in [0.15, 0.2) is 176 Å². The fourth-order valence-electron chi connectivity index (χ4n) is 8.85. The quantitative estimate of drug-likeness (QED) is 0.187. The number of fused-ring (bicyclic) bond motifs is 14. The largest absolute Gasteiger partial charge is 0.457 e. The van der Waals surface area contributed by atoms with Gasteiger partial charge in [-0.2, -0.15) is 0 Å². The summed E-state index contributed by atoms with van der Waals surface area (Å²) < 4.78 is 9.10. The third-order valence-corrected chi connectivity index (χ3v) is 10.8. The second-order valence-electron chi connectivity index (χ2n) is 13.2. The Morgan fingerprint density at radius 1 is 0.408 bits per heavy atom. The van der Waals surface area contributed by atoms with Crippen LogP contribution in [0.25, 0.3) is 60.5 Å². The molecule has 49 heavy (non-hydrogen) atoms. The zero-order valence-corrected chi connectivity index (χ0v) is 26.6. The van der Waals surface area contributed by atoms with Crippen molar-refractivity contribution in [2.24, 2.45) is 0 Å². The van der Waals surface area contributed by atoms with Crippen LogP contribution in [-0.4, -0.2) is 4.57 Å². The predicted molar refractivity (Wildman–Crippen MR) is 201 cm³/mol. The van der Waals surface area contributed by atoms with Crippen molar-refractivity contribution >= 4 is 32.6 Å². The summed E-state index contributed by atoms with van der Waals surface area (Å²) in [6.45, 7) is 0. The molecule has 0 N–H and O–H groups in total. The third-order valence-electron chi connectivity index (χ3n) is 10.8. The smallest absolute Gasteiger partial charge is 0.132 e. The van der Waals surface area contributed by atoms with E-state index in [1.54, 1.807) is 0 Å². The SMILES string of the molecule is c1ccc(-n2c3ccccc3c3ccc4cc(-c5ccc6c(c5)C5(c7ccccc7O6)c6ccccc6-c6ccccc65)ccc4c32)cc1. The number of rotatable bonds is 2. The highest BCUT2D eigenvalue weighted by atomic mass is 16.5. The minimum Gasteiger partial charge on any atom is -0.457 e. The van der Waals surface area contributed by atoms with Gasteiger partial charge < -0.3 is 9.30 Å². The molecule has 0 radical (unpaired) electrons. The van der Waals surface area contributed by atoms with E-state index < -0.39 is 5.41 Å². The lowest BCUT2D eigenvalue weighted by atomic mass is 9.66. The number of nitrogens with zero attached hydrogens (tertiary/aromatic N) is 1. The summed E-state index contributed by atoms with van der Waals surface area (Å²) in [5.41, 5.74) is 13.1. The van der Waals surface area contributed by atoms with E-state index in [1.165, 1.54) is 82.8 Å². The fourth-order valence-corrected chi connectivity index (χ4v) is 8.85. The zero-order chi connectivity index (χ0) is 32.1. The zero-order valence-electron chi connectivity index (χ0n) is 26.6. The Bertz CT molecular complexity index is 2760. The number of para-hydroxylation sites is 3. The molecule has 0 bridgehead atoms. The molecule has 0 atom stereocenters. The van der Waals surface area contributed by atoms with Crippen LogP contribution in [0.3, 0.4) is 0 Å². The molecule has 11 rings (SSSR count). The molecule has 2 heterocycles. The summed E-state index contributed by atoms with van der Waals surface area (Å²) >= 11 is 0. The monoisotopic (exact) mass is 623 g/mol. The van der Waals surface area contributed by atoms with Crippen molar-refractivity contribution in [2.45, 2.75) is 5.41 Å². The van der Waals surface area contributed by atoms with E-state index in [0.717, 1.165) is 11.5 Å². The van der Waals surface area contributed by atoms with E-state index in [1.807, 2.05) is 0 Å². The molecule has 0 saturated heterocycles. The fraction of sp³-hybridized carbons (Fsp3) is 0.0213. The van der Waals surface area contributed by atoms with Crippen molar-refractivity contribution in [3.8, 4) is 39.4 Å². The van der Waals surface area contributed by atoms with Crippen molar-refractivity contribution in [1.82, 2.24) is 4.57 Å². The van der Waals surface area contributed by atoms with Gasteiger partial charge in [-0.15, -0.1) is 0 Å². The van der Waals surface area contributed by atoms with Gasteiger partial charge in [0, 0.05) is 33.0 Å². The van der Waals surface area contributed by atoms with Crippen LogP contribution in [0, 0.1) is 0 Å². The standard InChI is InChI=1S/C47H29NO/c1-2-12-33(13-3-1)48-43-20-10-6-16-37(43)38-26-23-32-28-30(22-25-34(32)46(38)48)31-24-27-45-42(29-31)47(41-19-9-11-21-44(41)49-45)39-17-7-4-14-35(39)36-15-5-8-18-40(36)47/h1-29H. The van der Waals surface area contributed by atoms with E-state index >= 15 is 0 Å². The summed E-state index contributed by atoms with van der Waals surface area (Å²) in [6.07, 6.45) is 0. The summed E-state index contributed by atoms with van der Waals surface area (Å²) in [5, 5.41) is 5.00. The van der Waals surface area contributed by atoms with E-state index in [9.17, 15) is 0 Å². The first-order valence-corrected chi connectivity index (χ1v) is 16.9. The Morgan fingerprint density at radius 2 is 1.02 bits per heavy atom. The van der Waals surface area contributed by atoms with Crippen LogP contribution < -0.4 is 4.74 Å². The molecule has 0 amide bonds. The molecule has 0 saturated carbocycles. The number of aromatic nitrogens is 1. The average Bonchev–Trinajstić information content (AvgIpc) is 3.66. The molecule has 1 aromatic heterocycles. The van der Waals surface area contributed by atoms with Gasteiger partial charge in [0.05, 0.1) is 16.4 Å². The van der Waals surface area contributed by atoms with Crippen LogP contribution in [0.5, 0.6) is 11.5 Å². The molecule has 0 fully saturated rings. The molecule has 228 valence electrons. The van der Waals surface area contributed by atoms with E-state index in [4.69, 9.17) is 4.74 Å². The highest BCUT2D eigenvalue weighted by Gasteiger charge is 2.50. The van der Waals surface area contributed by atoms with E-state index in [2.05, 4.69) is 180 Å². The van der Waals surface area contributed by atoms with E-state index in [-0.39, 0.29) is 0 Å². The Labute approximate surface area is 284 Å². The first-order valence-electron chi connectivity index (χ1n) is 16.9. The Balaban J connectivity index is 1.15. The third kappa shape index (κ3) is 3.50. The first-order chi connectivity index (χ1) is 24.3. The van der Waals surface area contributed by atoms with Crippen LogP contribution in [0.2, 0.25) is 0 Å². The maximum atomic E-state index is 6.68. The summed E-state index contributed by atoms with van der Waals surface area (Å²) in [4.78, 5) is 0.